The van der Waals surface area contributed by atoms with Crippen molar-refractivity contribution in [2.24, 2.45) is 17.8 Å². The first-order valence-electron chi connectivity index (χ1n) is 11.4. The molecule has 2 fully saturated rings. The lowest BCUT2D eigenvalue weighted by atomic mass is 9.65. The molecule has 0 aliphatic heterocycles. The second-order valence-electron chi connectivity index (χ2n) is 9.31. The van der Waals surface area contributed by atoms with Gasteiger partial charge in [0.1, 0.15) is 11.3 Å². The number of nitrogens with one attached hydrogen (secondary N) is 2. The Labute approximate surface area is 194 Å². The summed E-state index contributed by atoms with van der Waals surface area (Å²) in [5.74, 6) is 0.792. The van der Waals surface area contributed by atoms with Crippen molar-refractivity contribution in [3.8, 4) is 11.4 Å². The normalized spacial score (nSPS) is 24.9. The molecule has 170 valence electrons. The minimum Gasteiger partial charge on any atom is -0.359 e. The molecule has 4 aromatic heterocycles. The van der Waals surface area contributed by atoms with Crippen LogP contribution in [0.4, 0.5) is 4.39 Å². The minimum absolute atomic E-state index is 0.0190. The van der Waals surface area contributed by atoms with Gasteiger partial charge in [0.2, 0.25) is 5.91 Å². The summed E-state index contributed by atoms with van der Waals surface area (Å²) >= 11 is 6.16. The summed E-state index contributed by atoms with van der Waals surface area (Å²) in [5, 5.41) is 4.52. The van der Waals surface area contributed by atoms with Crippen LogP contribution in [0.1, 0.15) is 38.1 Å². The van der Waals surface area contributed by atoms with E-state index in [1.807, 2.05) is 10.6 Å². The summed E-state index contributed by atoms with van der Waals surface area (Å²) < 4.78 is 16.9. The van der Waals surface area contributed by atoms with E-state index in [0.29, 0.717) is 39.4 Å². The topological polar surface area (TPSA) is 88.5 Å². The number of carbonyl (C=O) groups excluding carboxylic acids is 1. The summed E-state index contributed by atoms with van der Waals surface area (Å²) in [6.07, 6.45) is 11.7. The van der Waals surface area contributed by atoms with E-state index in [-0.39, 0.29) is 23.7 Å². The van der Waals surface area contributed by atoms with Gasteiger partial charge in [-0.25, -0.2) is 19.3 Å². The highest BCUT2D eigenvalue weighted by Gasteiger charge is 2.44. The second-order valence-corrected chi connectivity index (χ2v) is 9.74. The number of H-pyrrole nitrogens is 1. The fourth-order valence-electron chi connectivity index (χ4n) is 6.06. The molecule has 2 saturated carbocycles. The molecule has 2 N–H and O–H groups in total. The van der Waals surface area contributed by atoms with E-state index < -0.39 is 0 Å². The Morgan fingerprint density at radius 1 is 1.24 bits per heavy atom. The number of nitrogens with zero attached hydrogens (tertiary/aromatic N) is 4. The Kier molecular flexibility index (Phi) is 4.87. The molecular weight excluding hydrogens is 443 g/mol. The zero-order chi connectivity index (χ0) is 22.7. The molecule has 33 heavy (non-hydrogen) atoms. The van der Waals surface area contributed by atoms with Gasteiger partial charge in [-0.05, 0) is 37.2 Å². The first-order chi connectivity index (χ1) is 16.0. The molecule has 0 spiro atoms. The number of carbonyl (C=O) groups is 1. The Bertz CT molecular complexity index is 1380. The van der Waals surface area contributed by atoms with Crippen LogP contribution in [0, 0.1) is 23.6 Å². The maximum atomic E-state index is 15.0. The van der Waals surface area contributed by atoms with Gasteiger partial charge in [0.15, 0.2) is 11.6 Å². The summed E-state index contributed by atoms with van der Waals surface area (Å²) in [6, 6.07) is 1.68. The highest BCUT2D eigenvalue weighted by atomic mass is 35.5. The lowest BCUT2D eigenvalue weighted by Crippen LogP contribution is -2.44. The van der Waals surface area contributed by atoms with Gasteiger partial charge >= 0.3 is 0 Å². The Morgan fingerprint density at radius 2 is 2.12 bits per heavy atom. The number of rotatable bonds is 3. The van der Waals surface area contributed by atoms with Gasteiger partial charge in [-0.2, -0.15) is 0 Å². The van der Waals surface area contributed by atoms with Crippen molar-refractivity contribution in [1.29, 1.82) is 0 Å². The highest BCUT2D eigenvalue weighted by molar-refractivity contribution is 6.31. The van der Waals surface area contributed by atoms with Gasteiger partial charge in [0, 0.05) is 48.8 Å². The molecular formula is C24H24ClFN6O. The largest absolute Gasteiger partial charge is 0.359 e. The van der Waals surface area contributed by atoms with Crippen LogP contribution in [0.25, 0.3) is 33.5 Å². The molecule has 7 nitrogen and oxygen atoms in total. The molecule has 0 saturated heterocycles. The Hall–Kier alpha value is -3.00. The van der Waals surface area contributed by atoms with Crippen LogP contribution in [0.5, 0.6) is 0 Å². The molecule has 4 heterocycles. The number of aromatic nitrogens is 5. The number of fused-ring (bicyclic) bond motifs is 4. The van der Waals surface area contributed by atoms with Crippen molar-refractivity contribution in [2.75, 3.05) is 7.05 Å². The van der Waals surface area contributed by atoms with Crippen LogP contribution in [-0.4, -0.2) is 37.5 Å². The molecule has 2 bridgehead atoms. The van der Waals surface area contributed by atoms with E-state index in [9.17, 15) is 4.79 Å². The van der Waals surface area contributed by atoms with E-state index in [0.717, 1.165) is 36.6 Å². The quantitative estimate of drug-likeness (QED) is 0.450. The number of aromatic amines is 1. The van der Waals surface area contributed by atoms with Gasteiger partial charge in [0.05, 0.1) is 16.3 Å². The van der Waals surface area contributed by atoms with E-state index >= 15 is 4.39 Å². The number of pyridine rings is 1. The molecule has 2 unspecified atom stereocenters. The lowest BCUT2D eigenvalue weighted by Gasteiger charge is -2.45. The number of hydrogen-bond acceptors (Lipinski definition) is 4. The number of halogens is 2. The van der Waals surface area contributed by atoms with Gasteiger partial charge in [0.25, 0.3) is 0 Å². The average Bonchev–Trinajstić information content (AvgIpc) is 3.38. The van der Waals surface area contributed by atoms with Crippen molar-refractivity contribution in [3.05, 3.63) is 41.7 Å². The van der Waals surface area contributed by atoms with E-state index in [2.05, 4.69) is 20.3 Å². The third-order valence-electron chi connectivity index (χ3n) is 7.47. The highest BCUT2D eigenvalue weighted by Crippen LogP contribution is 2.49. The maximum absolute atomic E-state index is 15.0. The van der Waals surface area contributed by atoms with Crippen LogP contribution >= 0.6 is 11.6 Å². The monoisotopic (exact) mass is 466 g/mol. The predicted molar refractivity (Wildman–Crippen MR) is 124 cm³/mol. The molecule has 0 aromatic carbocycles. The summed E-state index contributed by atoms with van der Waals surface area (Å²) in [5.41, 5.74) is 1.95. The standard InChI is InChI=1S/C24H24ClFN6O/c1-27-24(33)16-6-12-3-2-4-13(5-12)20(16)32-11-19(26)18-10-30-22(31-23(18)32)17-9-29-21-15(17)7-14(25)8-28-21/h7-13,16,20H,2-6H2,1H3,(H,27,33)(H,28,29)/t12?,13?,16-,20-/m1/s1. The van der Waals surface area contributed by atoms with Crippen LogP contribution in [-0.2, 0) is 4.79 Å². The van der Waals surface area contributed by atoms with Gasteiger partial charge in [-0.3, -0.25) is 4.79 Å². The summed E-state index contributed by atoms with van der Waals surface area (Å²) in [7, 11) is 1.68. The number of amides is 1. The minimum atomic E-state index is -0.367. The van der Waals surface area contributed by atoms with Crippen molar-refractivity contribution in [2.45, 2.75) is 38.1 Å². The maximum Gasteiger partial charge on any atom is 0.224 e. The van der Waals surface area contributed by atoms with Crippen molar-refractivity contribution >= 4 is 39.6 Å². The molecule has 4 atom stereocenters. The number of hydrogen-bond donors (Lipinski definition) is 2. The molecule has 2 aliphatic carbocycles. The van der Waals surface area contributed by atoms with Gasteiger partial charge in [-0.1, -0.05) is 24.4 Å². The van der Waals surface area contributed by atoms with E-state index in [1.54, 1.807) is 19.4 Å². The van der Waals surface area contributed by atoms with Crippen molar-refractivity contribution in [3.63, 3.8) is 0 Å². The van der Waals surface area contributed by atoms with E-state index in [4.69, 9.17) is 16.6 Å². The first kappa shape index (κ1) is 20.6. The Morgan fingerprint density at radius 3 is 2.97 bits per heavy atom. The fraction of sp³-hybridized carbons (Fsp3) is 0.417. The van der Waals surface area contributed by atoms with E-state index in [1.165, 1.54) is 18.8 Å². The molecule has 0 radical (unpaired) electrons. The van der Waals surface area contributed by atoms with Gasteiger partial charge in [-0.15, -0.1) is 0 Å². The first-order valence-corrected chi connectivity index (χ1v) is 11.8. The summed E-state index contributed by atoms with van der Waals surface area (Å²) in [6.45, 7) is 0. The fourth-order valence-corrected chi connectivity index (χ4v) is 6.22. The second kappa shape index (κ2) is 7.80. The van der Waals surface area contributed by atoms with Crippen LogP contribution in [0.2, 0.25) is 5.02 Å². The third kappa shape index (κ3) is 3.30. The van der Waals surface area contributed by atoms with Crippen LogP contribution in [0.3, 0.4) is 0 Å². The smallest absolute Gasteiger partial charge is 0.224 e. The predicted octanol–water partition coefficient (Wildman–Crippen LogP) is 4.88. The average molecular weight is 467 g/mol. The molecule has 1 amide bonds. The molecule has 9 heteroatoms. The summed E-state index contributed by atoms with van der Waals surface area (Å²) in [4.78, 5) is 29.6. The zero-order valence-corrected chi connectivity index (χ0v) is 18.9. The third-order valence-corrected chi connectivity index (χ3v) is 7.68. The lowest BCUT2D eigenvalue weighted by molar-refractivity contribution is -0.129. The van der Waals surface area contributed by atoms with Crippen molar-refractivity contribution in [1.82, 2.24) is 29.8 Å². The molecule has 6 rings (SSSR count). The van der Waals surface area contributed by atoms with Gasteiger partial charge < -0.3 is 14.9 Å². The Balaban J connectivity index is 1.51. The zero-order valence-electron chi connectivity index (χ0n) is 18.2. The van der Waals surface area contributed by atoms with Crippen molar-refractivity contribution < 1.29 is 9.18 Å². The SMILES string of the molecule is CNC(=O)[C@@H]1CC2CCCC(C2)[C@H]1n1cc(F)c2cnc(-c3c[nH]c4ncc(Cl)cc34)nc21. The van der Waals surface area contributed by atoms with Crippen LogP contribution < -0.4 is 5.32 Å². The molecule has 4 aromatic rings. The molecule has 2 aliphatic rings. The van der Waals surface area contributed by atoms with Crippen LogP contribution in [0.15, 0.2) is 30.9 Å².